The summed E-state index contributed by atoms with van der Waals surface area (Å²) < 4.78 is 0. The molecule has 0 bridgehead atoms. The zero-order chi connectivity index (χ0) is 13.8. The molecule has 1 aliphatic rings. The average molecular weight is 277 g/mol. The number of para-hydroxylation sites is 1. The topological polar surface area (TPSA) is 32.5 Å². The third-order valence-electron chi connectivity index (χ3n) is 3.73. The molecule has 1 aromatic carbocycles. The Labute approximate surface area is 121 Å². The smallest absolute Gasteiger partial charge is 0.106 e. The largest absolute Gasteiger partial charge is 0.389 e. The predicted molar refractivity (Wildman–Crippen MR) is 86.0 cm³/mol. The summed E-state index contributed by atoms with van der Waals surface area (Å²) in [6, 6.07) is 6.19. The van der Waals surface area contributed by atoms with Crippen molar-refractivity contribution in [3.05, 3.63) is 29.3 Å². The van der Waals surface area contributed by atoms with Crippen LogP contribution in [0.4, 0.5) is 5.69 Å². The normalized spacial score (nSPS) is 16.6. The molecule has 104 valence electrons. The quantitative estimate of drug-likeness (QED) is 0.855. The first kappa shape index (κ1) is 14.3. The Kier molecular flexibility index (Phi) is 4.77. The molecule has 0 radical (unpaired) electrons. The standard InChI is InChI=1S/C15H23N3S/c1-3-7-17-8-10-18(11-9-17)14-12(2)5-4-6-13(14)15(16)19/h4-6H,3,7-11H2,1-2H3,(H2,16,19). The van der Waals surface area contributed by atoms with Gasteiger partial charge in [0.25, 0.3) is 0 Å². The average Bonchev–Trinajstić information content (AvgIpc) is 2.40. The first-order chi connectivity index (χ1) is 9.13. The van der Waals surface area contributed by atoms with Gasteiger partial charge in [0.05, 0.1) is 0 Å². The second-order valence-corrected chi connectivity index (χ2v) is 5.60. The highest BCUT2D eigenvalue weighted by Crippen LogP contribution is 2.26. The highest BCUT2D eigenvalue weighted by molar-refractivity contribution is 7.80. The van der Waals surface area contributed by atoms with Crippen LogP contribution in [-0.4, -0.2) is 42.6 Å². The van der Waals surface area contributed by atoms with Crippen molar-refractivity contribution >= 4 is 22.9 Å². The molecule has 1 aromatic rings. The minimum absolute atomic E-state index is 0.495. The van der Waals surface area contributed by atoms with Crippen LogP contribution in [0.5, 0.6) is 0 Å². The number of anilines is 1. The van der Waals surface area contributed by atoms with Gasteiger partial charge < -0.3 is 10.6 Å². The van der Waals surface area contributed by atoms with E-state index in [1.165, 1.54) is 24.2 Å². The molecule has 2 N–H and O–H groups in total. The molecule has 2 rings (SSSR count). The summed E-state index contributed by atoms with van der Waals surface area (Å²) in [5, 5.41) is 0. The van der Waals surface area contributed by atoms with Crippen LogP contribution in [0.15, 0.2) is 18.2 Å². The number of nitrogens with two attached hydrogens (primary N) is 1. The van der Waals surface area contributed by atoms with Crippen LogP contribution in [0.2, 0.25) is 0 Å². The van der Waals surface area contributed by atoms with Crippen molar-refractivity contribution in [2.45, 2.75) is 20.3 Å². The van der Waals surface area contributed by atoms with E-state index in [0.29, 0.717) is 4.99 Å². The van der Waals surface area contributed by atoms with E-state index in [1.807, 2.05) is 12.1 Å². The number of nitrogens with zero attached hydrogens (tertiary/aromatic N) is 2. The van der Waals surface area contributed by atoms with Crippen LogP contribution in [0.1, 0.15) is 24.5 Å². The third-order valence-corrected chi connectivity index (χ3v) is 3.95. The van der Waals surface area contributed by atoms with Gasteiger partial charge in [0, 0.05) is 37.4 Å². The van der Waals surface area contributed by atoms with E-state index in [0.717, 1.165) is 31.7 Å². The summed E-state index contributed by atoms with van der Waals surface area (Å²) >= 11 is 5.18. The molecule has 0 saturated carbocycles. The Bertz CT molecular complexity index is 451. The highest BCUT2D eigenvalue weighted by atomic mass is 32.1. The second-order valence-electron chi connectivity index (χ2n) is 5.16. The molecule has 3 nitrogen and oxygen atoms in total. The summed E-state index contributed by atoms with van der Waals surface area (Å²) in [6.07, 6.45) is 1.22. The molecule has 0 atom stereocenters. The van der Waals surface area contributed by atoms with Gasteiger partial charge in [-0.05, 0) is 31.5 Å². The molecule has 0 amide bonds. The Balaban J connectivity index is 2.17. The van der Waals surface area contributed by atoms with Crippen molar-refractivity contribution in [3.63, 3.8) is 0 Å². The minimum Gasteiger partial charge on any atom is -0.389 e. The fourth-order valence-electron chi connectivity index (χ4n) is 2.79. The van der Waals surface area contributed by atoms with Gasteiger partial charge >= 0.3 is 0 Å². The van der Waals surface area contributed by atoms with E-state index in [9.17, 15) is 0 Å². The van der Waals surface area contributed by atoms with Crippen LogP contribution < -0.4 is 10.6 Å². The Morgan fingerprint density at radius 3 is 2.53 bits per heavy atom. The van der Waals surface area contributed by atoms with Gasteiger partial charge in [-0.1, -0.05) is 31.3 Å². The maximum atomic E-state index is 5.86. The minimum atomic E-state index is 0.495. The highest BCUT2D eigenvalue weighted by Gasteiger charge is 2.20. The maximum Gasteiger partial charge on any atom is 0.106 e. The van der Waals surface area contributed by atoms with Gasteiger partial charge in [0.1, 0.15) is 4.99 Å². The summed E-state index contributed by atoms with van der Waals surface area (Å²) in [7, 11) is 0. The third kappa shape index (κ3) is 3.25. The summed E-state index contributed by atoms with van der Waals surface area (Å²) in [6.45, 7) is 9.93. The lowest BCUT2D eigenvalue weighted by Crippen LogP contribution is -2.47. The molecule has 4 heteroatoms. The van der Waals surface area contributed by atoms with Gasteiger partial charge in [-0.3, -0.25) is 4.90 Å². The maximum absolute atomic E-state index is 5.86. The first-order valence-corrected chi connectivity index (χ1v) is 7.41. The van der Waals surface area contributed by atoms with Crippen molar-refractivity contribution in [1.82, 2.24) is 4.90 Å². The zero-order valence-corrected chi connectivity index (χ0v) is 12.7. The van der Waals surface area contributed by atoms with E-state index < -0.39 is 0 Å². The number of rotatable bonds is 4. The molecule has 0 unspecified atom stereocenters. The molecule has 0 aliphatic carbocycles. The molecule has 1 fully saturated rings. The molecule has 0 spiro atoms. The van der Waals surface area contributed by atoms with E-state index in [1.54, 1.807) is 0 Å². The van der Waals surface area contributed by atoms with Crippen LogP contribution in [-0.2, 0) is 0 Å². The molecule has 19 heavy (non-hydrogen) atoms. The van der Waals surface area contributed by atoms with Gasteiger partial charge in [-0.15, -0.1) is 0 Å². The first-order valence-electron chi connectivity index (χ1n) is 7.00. The fraction of sp³-hybridized carbons (Fsp3) is 0.533. The Hall–Kier alpha value is -1.13. The monoisotopic (exact) mass is 277 g/mol. The van der Waals surface area contributed by atoms with Crippen molar-refractivity contribution in [2.24, 2.45) is 5.73 Å². The van der Waals surface area contributed by atoms with E-state index in [-0.39, 0.29) is 0 Å². The lowest BCUT2D eigenvalue weighted by atomic mass is 10.1. The molecular weight excluding hydrogens is 254 g/mol. The summed E-state index contributed by atoms with van der Waals surface area (Å²) in [5.41, 5.74) is 9.36. The van der Waals surface area contributed by atoms with Crippen molar-refractivity contribution in [2.75, 3.05) is 37.6 Å². The predicted octanol–water partition coefficient (Wildman–Crippen LogP) is 2.16. The number of hydrogen-bond donors (Lipinski definition) is 1. The lowest BCUT2D eigenvalue weighted by molar-refractivity contribution is 0.258. The molecule has 1 saturated heterocycles. The van der Waals surface area contributed by atoms with Crippen LogP contribution in [0.25, 0.3) is 0 Å². The van der Waals surface area contributed by atoms with Gasteiger partial charge in [-0.25, -0.2) is 0 Å². The van der Waals surface area contributed by atoms with Crippen molar-refractivity contribution in [1.29, 1.82) is 0 Å². The van der Waals surface area contributed by atoms with Crippen LogP contribution in [0, 0.1) is 6.92 Å². The van der Waals surface area contributed by atoms with Crippen molar-refractivity contribution < 1.29 is 0 Å². The SMILES string of the molecule is CCCN1CCN(c2c(C)cccc2C(N)=S)CC1. The number of thiocarbonyl (C=S) groups is 1. The number of aryl methyl sites for hydroxylation is 1. The Morgan fingerprint density at radius 1 is 1.26 bits per heavy atom. The van der Waals surface area contributed by atoms with Crippen LogP contribution >= 0.6 is 12.2 Å². The molecule has 0 aromatic heterocycles. The zero-order valence-electron chi connectivity index (χ0n) is 11.9. The molecular formula is C15H23N3S. The number of piperazine rings is 1. The molecule has 1 aliphatic heterocycles. The second kappa shape index (κ2) is 6.35. The van der Waals surface area contributed by atoms with Crippen LogP contribution in [0.3, 0.4) is 0 Å². The van der Waals surface area contributed by atoms with E-state index >= 15 is 0 Å². The number of hydrogen-bond acceptors (Lipinski definition) is 3. The van der Waals surface area contributed by atoms with E-state index in [2.05, 4.69) is 29.7 Å². The lowest BCUT2D eigenvalue weighted by Gasteiger charge is -2.37. The fourth-order valence-corrected chi connectivity index (χ4v) is 2.95. The molecule has 1 heterocycles. The summed E-state index contributed by atoms with van der Waals surface area (Å²) in [5.74, 6) is 0. The van der Waals surface area contributed by atoms with Gasteiger partial charge in [0.15, 0.2) is 0 Å². The van der Waals surface area contributed by atoms with Gasteiger partial charge in [-0.2, -0.15) is 0 Å². The van der Waals surface area contributed by atoms with Crippen molar-refractivity contribution in [3.8, 4) is 0 Å². The summed E-state index contributed by atoms with van der Waals surface area (Å²) in [4.78, 5) is 5.44. The van der Waals surface area contributed by atoms with Gasteiger partial charge in [0.2, 0.25) is 0 Å². The van der Waals surface area contributed by atoms with E-state index in [4.69, 9.17) is 18.0 Å². The Morgan fingerprint density at radius 2 is 1.95 bits per heavy atom. The number of benzene rings is 1.